The molecule has 1 rings (SSSR count). The molecule has 64 valence electrons. The summed E-state index contributed by atoms with van der Waals surface area (Å²) in [5, 5.41) is 8.64. The van der Waals surface area contributed by atoms with Gasteiger partial charge in [0.05, 0.1) is 6.61 Å². The Bertz CT molecular complexity index is 147. The quantitative estimate of drug-likeness (QED) is 0.608. The van der Waals surface area contributed by atoms with E-state index in [4.69, 9.17) is 5.11 Å². The van der Waals surface area contributed by atoms with Crippen molar-refractivity contribution in [3.05, 3.63) is 0 Å². The summed E-state index contributed by atoms with van der Waals surface area (Å²) in [7, 11) is 0. The fourth-order valence-electron chi connectivity index (χ4n) is 1.44. The van der Waals surface area contributed by atoms with Crippen LogP contribution in [0.3, 0.4) is 0 Å². The van der Waals surface area contributed by atoms with E-state index < -0.39 is 0 Å². The summed E-state index contributed by atoms with van der Waals surface area (Å²) in [5.41, 5.74) is 0. The Morgan fingerprint density at radius 1 is 1.73 bits per heavy atom. The first-order valence-electron chi connectivity index (χ1n) is 4.10. The van der Waals surface area contributed by atoms with Crippen LogP contribution in [0.1, 0.15) is 13.3 Å². The lowest BCUT2D eigenvalue weighted by Crippen LogP contribution is -2.40. The van der Waals surface area contributed by atoms with Gasteiger partial charge in [-0.1, -0.05) is 6.92 Å². The summed E-state index contributed by atoms with van der Waals surface area (Å²) in [5.74, 6) is 0.523. The SMILES string of the molecule is CC1CN(CCO)CCC1=O. The molecule has 1 heterocycles. The molecule has 1 aliphatic heterocycles. The Labute approximate surface area is 67.0 Å². The number of aliphatic hydroxyl groups is 1. The Balaban J connectivity index is 2.33. The van der Waals surface area contributed by atoms with Gasteiger partial charge in [-0.25, -0.2) is 0 Å². The molecule has 1 aliphatic rings. The highest BCUT2D eigenvalue weighted by Crippen LogP contribution is 2.10. The largest absolute Gasteiger partial charge is 0.395 e. The van der Waals surface area contributed by atoms with Gasteiger partial charge in [-0.15, -0.1) is 0 Å². The molecule has 3 heteroatoms. The van der Waals surface area contributed by atoms with E-state index in [9.17, 15) is 4.79 Å². The van der Waals surface area contributed by atoms with Crippen LogP contribution in [0.4, 0.5) is 0 Å². The number of Topliss-reactive ketones (excluding diaryl/α,β-unsaturated/α-hetero) is 1. The fraction of sp³-hybridized carbons (Fsp3) is 0.875. The monoisotopic (exact) mass is 157 g/mol. The fourth-order valence-corrected chi connectivity index (χ4v) is 1.44. The zero-order valence-corrected chi connectivity index (χ0v) is 6.92. The Morgan fingerprint density at radius 3 is 3.00 bits per heavy atom. The molecule has 0 aromatic rings. The van der Waals surface area contributed by atoms with Crippen molar-refractivity contribution in [2.24, 2.45) is 5.92 Å². The third-order valence-electron chi connectivity index (χ3n) is 2.17. The number of likely N-dealkylation sites (tertiary alicyclic amines) is 1. The van der Waals surface area contributed by atoms with E-state index in [1.165, 1.54) is 0 Å². The van der Waals surface area contributed by atoms with Crippen LogP contribution in [0.5, 0.6) is 0 Å². The van der Waals surface area contributed by atoms with Gasteiger partial charge in [0.1, 0.15) is 5.78 Å². The first-order valence-corrected chi connectivity index (χ1v) is 4.10. The first-order chi connectivity index (χ1) is 5.24. The van der Waals surface area contributed by atoms with Crippen molar-refractivity contribution in [2.75, 3.05) is 26.2 Å². The van der Waals surface area contributed by atoms with Gasteiger partial charge in [-0.3, -0.25) is 9.69 Å². The lowest BCUT2D eigenvalue weighted by Gasteiger charge is -2.28. The minimum atomic E-state index is 0.162. The molecule has 1 unspecified atom stereocenters. The summed E-state index contributed by atoms with van der Waals surface area (Å²) in [6, 6.07) is 0. The molecular formula is C8H15NO2. The molecule has 1 N–H and O–H groups in total. The zero-order chi connectivity index (χ0) is 8.27. The normalized spacial score (nSPS) is 27.5. The summed E-state index contributed by atoms with van der Waals surface area (Å²) in [6.07, 6.45) is 0.654. The van der Waals surface area contributed by atoms with Crippen molar-refractivity contribution in [1.82, 2.24) is 4.90 Å². The summed E-state index contributed by atoms with van der Waals surface area (Å²) in [4.78, 5) is 13.2. The maximum atomic E-state index is 11.1. The van der Waals surface area contributed by atoms with E-state index in [2.05, 4.69) is 4.90 Å². The van der Waals surface area contributed by atoms with Gasteiger partial charge in [0, 0.05) is 32.0 Å². The number of β-amino-alcohol motifs (C(OH)–C–C–N with tert-alkyl or cyclic N) is 1. The lowest BCUT2D eigenvalue weighted by molar-refractivity contribution is -0.125. The van der Waals surface area contributed by atoms with Crippen LogP contribution in [-0.2, 0) is 4.79 Å². The van der Waals surface area contributed by atoms with Gasteiger partial charge in [0.15, 0.2) is 0 Å². The van der Waals surface area contributed by atoms with Crippen LogP contribution in [0.2, 0.25) is 0 Å². The van der Waals surface area contributed by atoms with Crippen molar-refractivity contribution in [2.45, 2.75) is 13.3 Å². The van der Waals surface area contributed by atoms with Crippen molar-refractivity contribution < 1.29 is 9.90 Å². The number of hydrogen-bond acceptors (Lipinski definition) is 3. The van der Waals surface area contributed by atoms with Gasteiger partial charge in [0.25, 0.3) is 0 Å². The number of nitrogens with zero attached hydrogens (tertiary/aromatic N) is 1. The third kappa shape index (κ3) is 2.27. The van der Waals surface area contributed by atoms with Gasteiger partial charge in [0.2, 0.25) is 0 Å². The average Bonchev–Trinajstić information content (AvgIpc) is 1.98. The minimum absolute atomic E-state index is 0.162. The molecular weight excluding hydrogens is 142 g/mol. The maximum absolute atomic E-state index is 11.1. The van der Waals surface area contributed by atoms with Crippen LogP contribution in [0, 0.1) is 5.92 Å². The summed E-state index contributed by atoms with van der Waals surface area (Å²) >= 11 is 0. The molecule has 1 saturated heterocycles. The van der Waals surface area contributed by atoms with E-state index in [0.717, 1.165) is 13.1 Å². The van der Waals surface area contributed by atoms with E-state index in [0.29, 0.717) is 18.7 Å². The van der Waals surface area contributed by atoms with Gasteiger partial charge in [-0.05, 0) is 0 Å². The van der Waals surface area contributed by atoms with E-state index in [1.807, 2.05) is 6.92 Å². The smallest absolute Gasteiger partial charge is 0.138 e. The molecule has 0 aromatic heterocycles. The van der Waals surface area contributed by atoms with E-state index in [-0.39, 0.29) is 12.5 Å². The zero-order valence-electron chi connectivity index (χ0n) is 6.92. The van der Waals surface area contributed by atoms with Crippen molar-refractivity contribution >= 4 is 5.78 Å². The van der Waals surface area contributed by atoms with Gasteiger partial charge in [-0.2, -0.15) is 0 Å². The Morgan fingerprint density at radius 2 is 2.45 bits per heavy atom. The first kappa shape index (κ1) is 8.68. The standard InChI is InChI=1S/C8H15NO2/c1-7-6-9(4-5-10)3-2-8(7)11/h7,10H,2-6H2,1H3. The van der Waals surface area contributed by atoms with Crippen LogP contribution < -0.4 is 0 Å². The second-order valence-corrected chi connectivity index (χ2v) is 3.14. The predicted octanol–water partition coefficient (Wildman–Crippen LogP) is -0.110. The third-order valence-corrected chi connectivity index (χ3v) is 2.17. The molecule has 3 nitrogen and oxygen atoms in total. The molecule has 0 saturated carbocycles. The van der Waals surface area contributed by atoms with Crippen LogP contribution >= 0.6 is 0 Å². The number of ketones is 1. The molecule has 0 radical (unpaired) electrons. The number of hydrogen-bond donors (Lipinski definition) is 1. The number of aliphatic hydroxyl groups excluding tert-OH is 1. The van der Waals surface area contributed by atoms with Crippen molar-refractivity contribution in [3.63, 3.8) is 0 Å². The lowest BCUT2D eigenvalue weighted by atomic mass is 9.99. The van der Waals surface area contributed by atoms with Gasteiger partial charge >= 0.3 is 0 Å². The second-order valence-electron chi connectivity index (χ2n) is 3.14. The Kier molecular flexibility index (Phi) is 3.02. The van der Waals surface area contributed by atoms with Crippen molar-refractivity contribution in [3.8, 4) is 0 Å². The van der Waals surface area contributed by atoms with Crippen LogP contribution in [-0.4, -0.2) is 42.0 Å². The number of piperidine rings is 1. The topological polar surface area (TPSA) is 40.5 Å². The second kappa shape index (κ2) is 3.83. The van der Waals surface area contributed by atoms with E-state index in [1.54, 1.807) is 0 Å². The summed E-state index contributed by atoms with van der Waals surface area (Å²) < 4.78 is 0. The molecule has 0 aromatic carbocycles. The molecule has 11 heavy (non-hydrogen) atoms. The number of carbonyl (C=O) groups is 1. The van der Waals surface area contributed by atoms with Gasteiger partial charge < -0.3 is 5.11 Å². The number of rotatable bonds is 2. The molecule has 0 aliphatic carbocycles. The highest BCUT2D eigenvalue weighted by atomic mass is 16.3. The summed E-state index contributed by atoms with van der Waals surface area (Å²) in [6.45, 7) is 4.49. The van der Waals surface area contributed by atoms with Crippen LogP contribution in [0.15, 0.2) is 0 Å². The minimum Gasteiger partial charge on any atom is -0.395 e. The average molecular weight is 157 g/mol. The maximum Gasteiger partial charge on any atom is 0.138 e. The highest BCUT2D eigenvalue weighted by Gasteiger charge is 2.22. The van der Waals surface area contributed by atoms with Crippen LogP contribution in [0.25, 0.3) is 0 Å². The molecule has 0 amide bonds. The molecule has 1 fully saturated rings. The molecule has 1 atom stereocenters. The van der Waals surface area contributed by atoms with Crippen molar-refractivity contribution in [1.29, 1.82) is 0 Å². The molecule has 0 spiro atoms. The highest BCUT2D eigenvalue weighted by molar-refractivity contribution is 5.81. The van der Waals surface area contributed by atoms with E-state index >= 15 is 0 Å². The molecule has 0 bridgehead atoms. The predicted molar refractivity (Wildman–Crippen MR) is 42.3 cm³/mol. The Hall–Kier alpha value is -0.410. The number of carbonyl (C=O) groups excluding carboxylic acids is 1.